The Balaban J connectivity index is 1.99. The summed E-state index contributed by atoms with van der Waals surface area (Å²) in [5, 5.41) is 0. The summed E-state index contributed by atoms with van der Waals surface area (Å²) in [5.74, 6) is 2.82. The van der Waals surface area contributed by atoms with Crippen LogP contribution in [-0.4, -0.2) is 15.7 Å². The Morgan fingerprint density at radius 3 is 2.21 bits per heavy atom. The molecule has 1 aromatic heterocycles. The van der Waals surface area contributed by atoms with Gasteiger partial charge in [-0.05, 0) is 38.8 Å². The van der Waals surface area contributed by atoms with E-state index in [9.17, 15) is 0 Å². The Morgan fingerprint density at radius 1 is 1.05 bits per heavy atom. The molecule has 2 fully saturated rings. The highest BCUT2D eigenvalue weighted by Gasteiger charge is 2.30. The van der Waals surface area contributed by atoms with Crippen LogP contribution in [0.4, 0.5) is 0 Å². The molecule has 1 atom stereocenters. The minimum Gasteiger partial charge on any atom is -0.331 e. The fraction of sp³-hybridized carbons (Fsp3) is 0.812. The third-order valence-electron chi connectivity index (χ3n) is 5.06. The maximum atomic E-state index is 5.01. The third-order valence-corrected chi connectivity index (χ3v) is 5.32. The Kier molecular flexibility index (Phi) is 4.27. The van der Waals surface area contributed by atoms with Gasteiger partial charge in [0.25, 0.3) is 0 Å². The lowest BCUT2D eigenvalue weighted by atomic mass is 9.94. The zero-order valence-electron chi connectivity index (χ0n) is 12.2. The van der Waals surface area contributed by atoms with Crippen molar-refractivity contribution in [1.82, 2.24) is 9.55 Å². The summed E-state index contributed by atoms with van der Waals surface area (Å²) in [5.41, 5.74) is 3.12. The molecule has 3 heteroatoms. The van der Waals surface area contributed by atoms with Crippen molar-refractivity contribution in [2.45, 2.75) is 76.7 Å². The molecule has 19 heavy (non-hydrogen) atoms. The fourth-order valence-electron chi connectivity index (χ4n) is 4.14. The zero-order valence-corrected chi connectivity index (χ0v) is 13.4. The predicted octanol–water partition coefficient (Wildman–Crippen LogP) is 4.38. The first-order chi connectivity index (χ1) is 9.31. The highest BCUT2D eigenvalue weighted by Crippen LogP contribution is 2.42. The van der Waals surface area contributed by atoms with Crippen molar-refractivity contribution in [3.8, 4) is 0 Å². The van der Waals surface area contributed by atoms with Crippen LogP contribution in [-0.2, 0) is 6.54 Å². The third kappa shape index (κ3) is 2.61. The average Bonchev–Trinajstić information content (AvgIpc) is 3.10. The van der Waals surface area contributed by atoms with Crippen molar-refractivity contribution in [2.24, 2.45) is 0 Å². The Hall–Kier alpha value is -0.360. The van der Waals surface area contributed by atoms with Crippen molar-refractivity contribution in [1.29, 1.82) is 0 Å². The molecular weight excluding hydrogens is 251 g/mol. The second-order valence-electron chi connectivity index (χ2n) is 6.33. The van der Waals surface area contributed by atoms with E-state index in [-0.39, 0.29) is 0 Å². The molecule has 1 aromatic rings. The molecular formula is C16H27N2P. The van der Waals surface area contributed by atoms with Crippen molar-refractivity contribution in [3.63, 3.8) is 0 Å². The van der Waals surface area contributed by atoms with Gasteiger partial charge in [0.2, 0.25) is 0 Å². The van der Waals surface area contributed by atoms with E-state index in [4.69, 9.17) is 4.98 Å². The molecule has 0 amide bonds. The number of nitrogens with zero attached hydrogens (tertiary/aromatic N) is 2. The second-order valence-corrected chi connectivity index (χ2v) is 6.91. The quantitative estimate of drug-likeness (QED) is 0.747. The van der Waals surface area contributed by atoms with Gasteiger partial charge in [0.05, 0.1) is 5.69 Å². The zero-order chi connectivity index (χ0) is 13.2. The van der Waals surface area contributed by atoms with E-state index in [1.54, 1.807) is 5.69 Å². The molecule has 0 aliphatic heterocycles. The Morgan fingerprint density at radius 2 is 1.63 bits per heavy atom. The van der Waals surface area contributed by atoms with Gasteiger partial charge in [0, 0.05) is 24.1 Å². The monoisotopic (exact) mass is 278 g/mol. The van der Waals surface area contributed by atoms with Crippen LogP contribution < -0.4 is 0 Å². The highest BCUT2D eigenvalue weighted by atomic mass is 31.0. The van der Waals surface area contributed by atoms with Crippen molar-refractivity contribution >= 4 is 9.24 Å². The molecule has 106 valence electrons. The smallest absolute Gasteiger partial charge is 0.106 e. The van der Waals surface area contributed by atoms with Gasteiger partial charge in [-0.15, -0.1) is 9.24 Å². The van der Waals surface area contributed by atoms with Gasteiger partial charge in [-0.2, -0.15) is 0 Å². The van der Waals surface area contributed by atoms with Crippen molar-refractivity contribution in [2.75, 3.05) is 6.16 Å². The minimum absolute atomic E-state index is 0.764. The minimum atomic E-state index is 0.764. The molecule has 2 nitrogen and oxygen atoms in total. The van der Waals surface area contributed by atoms with E-state index in [1.807, 2.05) is 0 Å². The molecule has 1 heterocycles. The summed E-state index contributed by atoms with van der Waals surface area (Å²) in [4.78, 5) is 5.01. The molecule has 1 unspecified atom stereocenters. The maximum absolute atomic E-state index is 5.01. The van der Waals surface area contributed by atoms with Crippen LogP contribution in [0.3, 0.4) is 0 Å². The number of rotatable bonds is 4. The molecule has 0 bridgehead atoms. The van der Waals surface area contributed by atoms with E-state index in [0.29, 0.717) is 0 Å². The summed E-state index contributed by atoms with van der Waals surface area (Å²) in [7, 11) is 2.87. The maximum Gasteiger partial charge on any atom is 0.106 e. The van der Waals surface area contributed by atoms with E-state index in [1.165, 1.54) is 62.9 Å². The van der Waals surface area contributed by atoms with Crippen LogP contribution in [0.2, 0.25) is 0 Å². The topological polar surface area (TPSA) is 17.8 Å². The number of aromatic nitrogens is 2. The molecule has 2 aliphatic rings. The Bertz CT molecular complexity index is 426. The summed E-state index contributed by atoms with van der Waals surface area (Å²) in [6.45, 7) is 3.33. The molecule has 3 rings (SSSR count). The van der Waals surface area contributed by atoms with Crippen LogP contribution in [0, 0.1) is 6.92 Å². The summed E-state index contributed by atoms with van der Waals surface area (Å²) < 4.78 is 2.54. The first kappa shape index (κ1) is 13.6. The van der Waals surface area contributed by atoms with E-state index >= 15 is 0 Å². The Labute approximate surface area is 119 Å². The van der Waals surface area contributed by atoms with Gasteiger partial charge in [-0.25, -0.2) is 4.98 Å². The first-order valence-corrected chi connectivity index (χ1v) is 8.90. The van der Waals surface area contributed by atoms with Crippen molar-refractivity contribution < 1.29 is 0 Å². The number of aryl methyl sites for hydroxylation is 1. The number of imidazole rings is 1. The van der Waals surface area contributed by atoms with Crippen LogP contribution in [0.15, 0.2) is 0 Å². The average molecular weight is 278 g/mol. The summed E-state index contributed by atoms with van der Waals surface area (Å²) in [6, 6.07) is 0. The molecule has 0 saturated heterocycles. The van der Waals surface area contributed by atoms with Crippen LogP contribution in [0.1, 0.15) is 80.4 Å². The SMILES string of the molecule is Cc1nc(C2CCCC2)c(C2CCCC2)n1CCP. The van der Waals surface area contributed by atoms with Crippen LogP contribution in [0.5, 0.6) is 0 Å². The van der Waals surface area contributed by atoms with Gasteiger partial charge >= 0.3 is 0 Å². The van der Waals surface area contributed by atoms with Crippen LogP contribution in [0.25, 0.3) is 0 Å². The van der Waals surface area contributed by atoms with Gasteiger partial charge in [0.15, 0.2) is 0 Å². The normalized spacial score (nSPS) is 21.6. The first-order valence-electron chi connectivity index (χ1n) is 8.08. The predicted molar refractivity (Wildman–Crippen MR) is 84.0 cm³/mol. The fourth-order valence-corrected chi connectivity index (χ4v) is 4.40. The molecule has 2 saturated carbocycles. The van der Waals surface area contributed by atoms with Gasteiger partial charge in [0.1, 0.15) is 5.82 Å². The molecule has 0 N–H and O–H groups in total. The van der Waals surface area contributed by atoms with Crippen molar-refractivity contribution in [3.05, 3.63) is 17.2 Å². The number of hydrogen-bond acceptors (Lipinski definition) is 1. The lowest BCUT2D eigenvalue weighted by Gasteiger charge is -2.18. The lowest BCUT2D eigenvalue weighted by Crippen LogP contribution is -2.11. The van der Waals surface area contributed by atoms with E-state index < -0.39 is 0 Å². The van der Waals surface area contributed by atoms with E-state index in [2.05, 4.69) is 20.7 Å². The van der Waals surface area contributed by atoms with Crippen LogP contribution >= 0.6 is 9.24 Å². The van der Waals surface area contributed by atoms with Gasteiger partial charge in [-0.1, -0.05) is 25.7 Å². The molecule has 0 aromatic carbocycles. The lowest BCUT2D eigenvalue weighted by molar-refractivity contribution is 0.592. The molecule has 0 radical (unpaired) electrons. The standard InChI is InChI=1S/C16H27N2P/c1-12-17-15(13-6-2-3-7-13)16(18(12)10-11-19)14-8-4-5-9-14/h13-14H,2-11,19H2,1H3. The van der Waals surface area contributed by atoms with Gasteiger partial charge < -0.3 is 4.57 Å². The molecule has 0 spiro atoms. The largest absolute Gasteiger partial charge is 0.331 e. The highest BCUT2D eigenvalue weighted by molar-refractivity contribution is 7.16. The van der Waals surface area contributed by atoms with E-state index in [0.717, 1.165) is 24.5 Å². The van der Waals surface area contributed by atoms with Gasteiger partial charge in [-0.3, -0.25) is 0 Å². The second kappa shape index (κ2) is 5.95. The number of hydrogen-bond donors (Lipinski definition) is 0. The summed E-state index contributed by atoms with van der Waals surface area (Å²) >= 11 is 0. The molecule has 2 aliphatic carbocycles. The summed E-state index contributed by atoms with van der Waals surface area (Å²) in [6.07, 6.45) is 12.3.